The van der Waals surface area contributed by atoms with Gasteiger partial charge < -0.3 is 9.15 Å². The lowest BCUT2D eigenvalue weighted by molar-refractivity contribution is 0.300. The van der Waals surface area contributed by atoms with Gasteiger partial charge in [-0.3, -0.25) is 4.79 Å². The maximum Gasteiger partial charge on any atom is 0.235 e. The molecule has 0 aliphatic rings. The third kappa shape index (κ3) is 3.43. The number of para-hydroxylation sites is 1. The predicted molar refractivity (Wildman–Crippen MR) is 104 cm³/mol. The van der Waals surface area contributed by atoms with Crippen molar-refractivity contribution >= 4 is 45.5 Å². The third-order valence-corrected chi connectivity index (χ3v) is 5.23. The highest BCUT2D eigenvalue weighted by molar-refractivity contribution is 7.15. The van der Waals surface area contributed by atoms with Crippen LogP contribution in [0.1, 0.15) is 4.88 Å². The van der Waals surface area contributed by atoms with E-state index in [1.54, 1.807) is 30.5 Å². The summed E-state index contributed by atoms with van der Waals surface area (Å²) in [6.45, 7) is 0.0343. The normalized spacial score (nSPS) is 11.1. The van der Waals surface area contributed by atoms with Crippen LogP contribution in [-0.4, -0.2) is 4.98 Å². The molecule has 4 aromatic rings. The molecule has 0 aliphatic carbocycles. The number of thiazole rings is 1. The van der Waals surface area contributed by atoms with E-state index in [0.29, 0.717) is 20.3 Å². The van der Waals surface area contributed by atoms with Crippen LogP contribution in [0.5, 0.6) is 5.75 Å². The van der Waals surface area contributed by atoms with Gasteiger partial charge in [0.05, 0.1) is 20.8 Å². The van der Waals surface area contributed by atoms with Gasteiger partial charge in [0.2, 0.25) is 11.2 Å². The Bertz CT molecular complexity index is 1190. The van der Waals surface area contributed by atoms with E-state index in [9.17, 15) is 9.18 Å². The minimum atomic E-state index is -0.619. The molecule has 0 radical (unpaired) electrons. The van der Waals surface area contributed by atoms with Crippen LogP contribution >= 0.6 is 34.5 Å². The Kier molecular flexibility index (Phi) is 4.86. The Morgan fingerprint density at radius 2 is 1.96 bits per heavy atom. The van der Waals surface area contributed by atoms with E-state index in [1.165, 1.54) is 29.5 Å². The molecule has 2 aromatic carbocycles. The third-order valence-electron chi connectivity index (χ3n) is 3.83. The highest BCUT2D eigenvalue weighted by atomic mass is 35.5. The lowest BCUT2D eigenvalue weighted by atomic mass is 10.1. The summed E-state index contributed by atoms with van der Waals surface area (Å²) >= 11 is 13.2. The molecule has 0 unspecified atom stereocenters. The molecule has 0 saturated heterocycles. The van der Waals surface area contributed by atoms with Crippen LogP contribution in [0.25, 0.3) is 22.3 Å². The fourth-order valence-electron chi connectivity index (χ4n) is 2.63. The molecule has 0 amide bonds. The number of hydrogen-bond acceptors (Lipinski definition) is 5. The van der Waals surface area contributed by atoms with Gasteiger partial charge in [0.1, 0.15) is 18.0 Å². The van der Waals surface area contributed by atoms with Crippen molar-refractivity contribution < 1.29 is 13.5 Å². The molecular weight excluding hydrogens is 412 g/mol. The highest BCUT2D eigenvalue weighted by Crippen LogP contribution is 2.37. The summed E-state index contributed by atoms with van der Waals surface area (Å²) in [5.74, 6) is -0.797. The van der Waals surface area contributed by atoms with Gasteiger partial charge in [-0.05, 0) is 24.3 Å². The first-order valence-electron chi connectivity index (χ1n) is 7.78. The van der Waals surface area contributed by atoms with E-state index in [0.717, 1.165) is 0 Å². The molecular formula is C19H10Cl2FNO3S. The number of nitrogens with zero attached hydrogens (tertiary/aromatic N) is 1. The van der Waals surface area contributed by atoms with Crippen molar-refractivity contribution in [2.75, 3.05) is 0 Å². The highest BCUT2D eigenvalue weighted by Gasteiger charge is 2.22. The molecule has 4 rings (SSSR count). The van der Waals surface area contributed by atoms with Crippen molar-refractivity contribution in [1.29, 1.82) is 0 Å². The van der Waals surface area contributed by atoms with Crippen LogP contribution < -0.4 is 10.2 Å². The van der Waals surface area contributed by atoms with Gasteiger partial charge in [0.15, 0.2) is 10.2 Å². The largest absolute Gasteiger partial charge is 0.480 e. The van der Waals surface area contributed by atoms with Gasteiger partial charge in [0, 0.05) is 6.20 Å². The second-order valence-electron chi connectivity index (χ2n) is 5.55. The summed E-state index contributed by atoms with van der Waals surface area (Å²) in [6.07, 6.45) is 1.55. The lowest BCUT2D eigenvalue weighted by Gasteiger charge is -2.12. The molecule has 4 nitrogen and oxygen atoms in total. The molecule has 8 heteroatoms. The first kappa shape index (κ1) is 18.0. The van der Waals surface area contributed by atoms with Crippen molar-refractivity contribution in [1.82, 2.24) is 4.98 Å². The Hall–Kier alpha value is -2.41. The number of fused-ring (bicyclic) bond motifs is 1. The molecule has 0 atom stereocenters. The van der Waals surface area contributed by atoms with Gasteiger partial charge in [-0.1, -0.05) is 41.4 Å². The molecule has 2 aromatic heterocycles. The zero-order chi connectivity index (χ0) is 19.0. The van der Waals surface area contributed by atoms with Gasteiger partial charge in [-0.25, -0.2) is 9.37 Å². The summed E-state index contributed by atoms with van der Waals surface area (Å²) in [7, 11) is 0. The Morgan fingerprint density at radius 1 is 1.15 bits per heavy atom. The molecule has 0 fully saturated rings. The number of aromatic nitrogens is 1. The van der Waals surface area contributed by atoms with Crippen LogP contribution in [-0.2, 0) is 6.61 Å². The number of ether oxygens (including phenoxy) is 1. The predicted octanol–water partition coefficient (Wildman–Crippen LogP) is 5.94. The number of halogens is 3. The van der Waals surface area contributed by atoms with Crippen LogP contribution in [0.15, 0.2) is 57.9 Å². The van der Waals surface area contributed by atoms with Crippen LogP contribution in [0.2, 0.25) is 9.49 Å². The Balaban J connectivity index is 1.91. The van der Waals surface area contributed by atoms with E-state index in [2.05, 4.69) is 4.98 Å². The standard InChI is InChI=1S/C19H10Cl2FNO3S/c20-12-5-3-6-13(22)15(12)17-18(25-9-10-8-23-19(21)27-10)16(24)11-4-1-2-7-14(11)26-17/h1-8H,9H2. The summed E-state index contributed by atoms with van der Waals surface area (Å²) in [4.78, 5) is 17.6. The van der Waals surface area contributed by atoms with Crippen LogP contribution in [0.3, 0.4) is 0 Å². The minimum absolute atomic E-state index is 0.0284. The second-order valence-corrected chi connectivity index (χ2v) is 7.65. The van der Waals surface area contributed by atoms with E-state index in [1.807, 2.05) is 0 Å². The molecule has 2 heterocycles. The first-order chi connectivity index (χ1) is 13.0. The summed E-state index contributed by atoms with van der Waals surface area (Å²) < 4.78 is 26.4. The van der Waals surface area contributed by atoms with E-state index in [4.69, 9.17) is 32.4 Å². The monoisotopic (exact) mass is 421 g/mol. The van der Waals surface area contributed by atoms with Crippen molar-refractivity contribution in [2.45, 2.75) is 6.61 Å². The Labute approximate surface area is 166 Å². The average molecular weight is 422 g/mol. The number of hydrogen-bond donors (Lipinski definition) is 0. The van der Waals surface area contributed by atoms with Crippen molar-refractivity contribution in [3.05, 3.63) is 79.1 Å². The van der Waals surface area contributed by atoms with Gasteiger partial charge >= 0.3 is 0 Å². The molecule has 0 aliphatic heterocycles. The van der Waals surface area contributed by atoms with E-state index in [-0.39, 0.29) is 28.7 Å². The quantitative estimate of drug-likeness (QED) is 0.408. The SMILES string of the molecule is O=c1c(OCc2cnc(Cl)s2)c(-c2c(F)cccc2Cl)oc2ccccc12. The van der Waals surface area contributed by atoms with Gasteiger partial charge in [-0.15, -0.1) is 11.3 Å². The minimum Gasteiger partial charge on any atom is -0.480 e. The van der Waals surface area contributed by atoms with E-state index >= 15 is 0 Å². The summed E-state index contributed by atoms with van der Waals surface area (Å²) in [5, 5.41) is 0.435. The topological polar surface area (TPSA) is 52.3 Å². The fraction of sp³-hybridized carbons (Fsp3) is 0.0526. The van der Waals surface area contributed by atoms with Crippen LogP contribution in [0.4, 0.5) is 4.39 Å². The molecule has 0 N–H and O–H groups in total. The maximum atomic E-state index is 14.5. The van der Waals surface area contributed by atoms with Gasteiger partial charge in [0.25, 0.3) is 0 Å². The maximum absolute atomic E-state index is 14.5. The molecule has 0 spiro atoms. The first-order valence-corrected chi connectivity index (χ1v) is 9.35. The Morgan fingerprint density at radius 3 is 2.70 bits per heavy atom. The van der Waals surface area contributed by atoms with Gasteiger partial charge in [-0.2, -0.15) is 0 Å². The molecule has 27 heavy (non-hydrogen) atoms. The van der Waals surface area contributed by atoms with Crippen molar-refractivity contribution in [3.8, 4) is 17.1 Å². The molecule has 136 valence electrons. The van der Waals surface area contributed by atoms with E-state index < -0.39 is 11.2 Å². The second kappa shape index (κ2) is 7.31. The van der Waals surface area contributed by atoms with Crippen molar-refractivity contribution in [3.63, 3.8) is 0 Å². The number of benzene rings is 2. The van der Waals surface area contributed by atoms with Crippen molar-refractivity contribution in [2.24, 2.45) is 0 Å². The lowest BCUT2D eigenvalue weighted by Crippen LogP contribution is -2.10. The summed E-state index contributed by atoms with van der Waals surface area (Å²) in [6, 6.07) is 10.9. The summed E-state index contributed by atoms with van der Waals surface area (Å²) in [5.41, 5.74) is -0.133. The smallest absolute Gasteiger partial charge is 0.235 e. The zero-order valence-corrected chi connectivity index (χ0v) is 15.9. The average Bonchev–Trinajstić information content (AvgIpc) is 3.06. The molecule has 0 bridgehead atoms. The number of rotatable bonds is 4. The molecule has 0 saturated carbocycles. The zero-order valence-electron chi connectivity index (χ0n) is 13.5. The van der Waals surface area contributed by atoms with Crippen LogP contribution in [0, 0.1) is 5.82 Å². The fourth-order valence-corrected chi connectivity index (χ4v) is 3.77.